The van der Waals surface area contributed by atoms with E-state index in [4.69, 9.17) is 9.84 Å². The van der Waals surface area contributed by atoms with Crippen molar-refractivity contribution >= 4 is 11.8 Å². The predicted octanol–water partition coefficient (Wildman–Crippen LogP) is 1.24. The zero-order valence-corrected chi connectivity index (χ0v) is 7.91. The highest BCUT2D eigenvalue weighted by Gasteiger charge is 1.98. The van der Waals surface area contributed by atoms with Crippen LogP contribution >= 0.6 is 0 Å². The summed E-state index contributed by atoms with van der Waals surface area (Å²) in [4.78, 5) is 20.8. The third-order valence-corrected chi connectivity index (χ3v) is 1.61. The van der Waals surface area contributed by atoms with Gasteiger partial charge in [-0.05, 0) is 12.8 Å². The van der Waals surface area contributed by atoms with E-state index in [1.165, 1.54) is 0 Å². The van der Waals surface area contributed by atoms with E-state index in [2.05, 4.69) is 0 Å². The number of carbonyl (C=O) groups is 2. The molecule has 4 heteroatoms. The van der Waals surface area contributed by atoms with Crippen LogP contribution in [0.3, 0.4) is 0 Å². The van der Waals surface area contributed by atoms with E-state index < -0.39 is 5.97 Å². The first-order valence-corrected chi connectivity index (χ1v) is 4.48. The minimum Gasteiger partial charge on any atom is -0.480 e. The van der Waals surface area contributed by atoms with Crippen molar-refractivity contribution in [3.8, 4) is 0 Å². The van der Waals surface area contributed by atoms with Gasteiger partial charge in [-0.15, -0.1) is 0 Å². The second-order valence-electron chi connectivity index (χ2n) is 2.80. The van der Waals surface area contributed by atoms with Crippen LogP contribution in [0.15, 0.2) is 0 Å². The van der Waals surface area contributed by atoms with Gasteiger partial charge in [-0.1, -0.05) is 6.92 Å². The summed E-state index contributed by atoms with van der Waals surface area (Å²) in [6.45, 7) is 2.01. The van der Waals surface area contributed by atoms with E-state index in [-0.39, 0.29) is 12.4 Å². The zero-order valence-electron chi connectivity index (χ0n) is 7.91. The van der Waals surface area contributed by atoms with E-state index in [0.717, 1.165) is 12.8 Å². The van der Waals surface area contributed by atoms with E-state index in [9.17, 15) is 9.59 Å². The van der Waals surface area contributed by atoms with Gasteiger partial charge in [0.1, 0.15) is 12.4 Å². The molecule has 0 aliphatic heterocycles. The molecule has 0 amide bonds. The summed E-state index contributed by atoms with van der Waals surface area (Å²) in [5, 5.41) is 8.22. The number of unbranched alkanes of at least 4 members (excludes halogenated alkanes) is 1. The molecule has 0 aliphatic carbocycles. The molecule has 0 fully saturated rings. The standard InChI is InChI=1S/C9H16O4/c1-2-8(10)5-3-4-6-13-7-9(11)12/h2-7H2,1H3,(H,11,12). The number of hydrogen-bond acceptors (Lipinski definition) is 3. The second kappa shape index (κ2) is 7.73. The number of ketones is 1. The molecule has 0 aliphatic rings. The molecule has 0 radical (unpaired) electrons. The predicted molar refractivity (Wildman–Crippen MR) is 47.6 cm³/mol. The van der Waals surface area contributed by atoms with Crippen molar-refractivity contribution in [1.29, 1.82) is 0 Å². The number of carbonyl (C=O) groups excluding carboxylic acids is 1. The van der Waals surface area contributed by atoms with Gasteiger partial charge in [0.25, 0.3) is 0 Å². The number of Topliss-reactive ketones (excluding diaryl/α,β-unsaturated/α-hetero) is 1. The number of ether oxygens (including phenoxy) is 1. The van der Waals surface area contributed by atoms with Crippen LogP contribution in [0, 0.1) is 0 Å². The van der Waals surface area contributed by atoms with Crippen LogP contribution in [0.4, 0.5) is 0 Å². The van der Waals surface area contributed by atoms with Crippen molar-refractivity contribution in [2.24, 2.45) is 0 Å². The molecule has 0 aromatic carbocycles. The van der Waals surface area contributed by atoms with Crippen molar-refractivity contribution in [2.75, 3.05) is 13.2 Å². The second-order valence-corrected chi connectivity index (χ2v) is 2.80. The summed E-state index contributed by atoms with van der Waals surface area (Å²) in [5.74, 6) is -0.706. The molecule has 13 heavy (non-hydrogen) atoms. The molecule has 0 spiro atoms. The highest BCUT2D eigenvalue weighted by molar-refractivity contribution is 5.77. The quantitative estimate of drug-likeness (QED) is 0.582. The Labute approximate surface area is 77.9 Å². The third-order valence-electron chi connectivity index (χ3n) is 1.61. The fourth-order valence-electron chi connectivity index (χ4n) is 0.863. The lowest BCUT2D eigenvalue weighted by molar-refractivity contribution is -0.142. The van der Waals surface area contributed by atoms with Crippen LogP contribution in [-0.2, 0) is 14.3 Å². The Morgan fingerprint density at radius 2 is 2.00 bits per heavy atom. The molecule has 1 N–H and O–H groups in total. The topological polar surface area (TPSA) is 63.6 Å². The Kier molecular flexibility index (Phi) is 7.20. The van der Waals surface area contributed by atoms with Crippen LogP contribution in [0.2, 0.25) is 0 Å². The molecule has 4 nitrogen and oxygen atoms in total. The van der Waals surface area contributed by atoms with Crippen molar-refractivity contribution < 1.29 is 19.4 Å². The molecule has 0 aromatic rings. The molecule has 0 atom stereocenters. The normalized spacial score (nSPS) is 9.92. The van der Waals surface area contributed by atoms with Crippen LogP contribution in [-0.4, -0.2) is 30.1 Å². The minimum atomic E-state index is -0.954. The molecule has 0 saturated heterocycles. The van der Waals surface area contributed by atoms with Gasteiger partial charge in [0, 0.05) is 19.4 Å². The van der Waals surface area contributed by atoms with Crippen LogP contribution in [0.5, 0.6) is 0 Å². The van der Waals surface area contributed by atoms with E-state index in [1.807, 2.05) is 6.92 Å². The zero-order chi connectivity index (χ0) is 10.1. The lowest BCUT2D eigenvalue weighted by Gasteiger charge is -2.00. The number of carboxylic acids is 1. The van der Waals surface area contributed by atoms with Gasteiger partial charge in [-0.3, -0.25) is 4.79 Å². The molecular weight excluding hydrogens is 172 g/mol. The fraction of sp³-hybridized carbons (Fsp3) is 0.778. The Morgan fingerprint density at radius 3 is 2.54 bits per heavy atom. The number of rotatable bonds is 8. The minimum absolute atomic E-state index is 0.248. The molecule has 0 aromatic heterocycles. The van der Waals surface area contributed by atoms with Gasteiger partial charge < -0.3 is 9.84 Å². The monoisotopic (exact) mass is 188 g/mol. The maximum absolute atomic E-state index is 10.8. The lowest BCUT2D eigenvalue weighted by atomic mass is 10.1. The van der Waals surface area contributed by atoms with E-state index in [1.54, 1.807) is 0 Å². The van der Waals surface area contributed by atoms with Crippen LogP contribution in [0.1, 0.15) is 32.6 Å². The van der Waals surface area contributed by atoms with Crippen LogP contribution in [0.25, 0.3) is 0 Å². The summed E-state index contributed by atoms with van der Waals surface area (Å²) in [6.07, 6.45) is 2.69. The molecule has 0 saturated carbocycles. The summed E-state index contributed by atoms with van der Waals surface area (Å²) >= 11 is 0. The first-order valence-electron chi connectivity index (χ1n) is 4.48. The maximum Gasteiger partial charge on any atom is 0.329 e. The maximum atomic E-state index is 10.8. The number of hydrogen-bond donors (Lipinski definition) is 1. The smallest absolute Gasteiger partial charge is 0.329 e. The van der Waals surface area contributed by atoms with Crippen molar-refractivity contribution in [3.63, 3.8) is 0 Å². The lowest BCUT2D eigenvalue weighted by Crippen LogP contribution is -2.07. The van der Waals surface area contributed by atoms with Gasteiger partial charge in [-0.2, -0.15) is 0 Å². The number of carboxylic acid groups (broad SMARTS) is 1. The van der Waals surface area contributed by atoms with E-state index in [0.29, 0.717) is 19.4 Å². The first-order chi connectivity index (χ1) is 6.16. The van der Waals surface area contributed by atoms with Crippen molar-refractivity contribution in [1.82, 2.24) is 0 Å². The summed E-state index contributed by atoms with van der Waals surface area (Å²) in [7, 11) is 0. The number of aliphatic carboxylic acids is 1. The van der Waals surface area contributed by atoms with Crippen LogP contribution < -0.4 is 0 Å². The highest BCUT2D eigenvalue weighted by atomic mass is 16.5. The summed E-state index contributed by atoms with van der Waals surface area (Å²) in [6, 6.07) is 0. The van der Waals surface area contributed by atoms with E-state index >= 15 is 0 Å². The van der Waals surface area contributed by atoms with Crippen molar-refractivity contribution in [2.45, 2.75) is 32.6 Å². The molecule has 0 rings (SSSR count). The van der Waals surface area contributed by atoms with Gasteiger partial charge >= 0.3 is 5.97 Å². The van der Waals surface area contributed by atoms with Gasteiger partial charge in [-0.25, -0.2) is 4.79 Å². The molecular formula is C9H16O4. The average molecular weight is 188 g/mol. The van der Waals surface area contributed by atoms with Gasteiger partial charge in [0.05, 0.1) is 0 Å². The first kappa shape index (κ1) is 12.1. The Hall–Kier alpha value is -0.900. The fourth-order valence-corrected chi connectivity index (χ4v) is 0.863. The third kappa shape index (κ3) is 9.01. The summed E-state index contributed by atoms with van der Waals surface area (Å²) < 4.78 is 4.80. The molecule has 0 bridgehead atoms. The average Bonchev–Trinajstić information content (AvgIpc) is 2.10. The highest BCUT2D eigenvalue weighted by Crippen LogP contribution is 1.99. The molecule has 76 valence electrons. The Morgan fingerprint density at radius 1 is 1.31 bits per heavy atom. The SMILES string of the molecule is CCC(=O)CCCCOCC(=O)O. The largest absolute Gasteiger partial charge is 0.480 e. The Bertz CT molecular complexity index is 165. The van der Waals surface area contributed by atoms with Gasteiger partial charge in [0.2, 0.25) is 0 Å². The van der Waals surface area contributed by atoms with Gasteiger partial charge in [0.15, 0.2) is 0 Å². The molecule has 0 heterocycles. The molecule has 0 unspecified atom stereocenters. The summed E-state index contributed by atoms with van der Waals surface area (Å²) in [5.41, 5.74) is 0. The Balaban J connectivity index is 3.08. The van der Waals surface area contributed by atoms with Crippen molar-refractivity contribution in [3.05, 3.63) is 0 Å².